The molecule has 3 heteroatoms. The van der Waals surface area contributed by atoms with E-state index in [0.29, 0.717) is 11.8 Å². The van der Waals surface area contributed by atoms with Crippen molar-refractivity contribution in [1.29, 1.82) is 0 Å². The standard InChI is InChI=1S/C34H53O2P/c1-19(2)27-17-28(20(3)4)31(29(18-27)25(9)36-26(10)35)30-23(7)21(5)22(6)24(8)32(30)37(33(11,12)13)34(14,15)16/h17-20,25H,1-16H3. The van der Waals surface area contributed by atoms with Gasteiger partial charge in [0.2, 0.25) is 0 Å². The topological polar surface area (TPSA) is 26.3 Å². The van der Waals surface area contributed by atoms with Crippen molar-refractivity contribution in [3.63, 3.8) is 0 Å². The molecule has 0 bridgehead atoms. The first-order chi connectivity index (χ1) is 16.7. The van der Waals surface area contributed by atoms with Crippen molar-refractivity contribution >= 4 is 19.2 Å². The minimum absolute atomic E-state index is 0.124. The molecular formula is C34H53O2P. The third-order valence-electron chi connectivity index (χ3n) is 7.76. The summed E-state index contributed by atoms with van der Waals surface area (Å²) in [6.45, 7) is 36.3. The van der Waals surface area contributed by atoms with E-state index in [1.54, 1.807) is 0 Å². The first-order valence-corrected chi connectivity index (χ1v) is 15.3. The van der Waals surface area contributed by atoms with Gasteiger partial charge in [-0.15, -0.1) is 0 Å². The van der Waals surface area contributed by atoms with Crippen molar-refractivity contribution in [3.05, 3.63) is 51.1 Å². The van der Waals surface area contributed by atoms with Crippen LogP contribution in [0.5, 0.6) is 0 Å². The Morgan fingerprint density at radius 2 is 1.16 bits per heavy atom. The predicted molar refractivity (Wildman–Crippen MR) is 165 cm³/mol. The lowest BCUT2D eigenvalue weighted by Crippen LogP contribution is -2.34. The Labute approximate surface area is 229 Å². The molecule has 0 amide bonds. The van der Waals surface area contributed by atoms with Gasteiger partial charge < -0.3 is 4.74 Å². The van der Waals surface area contributed by atoms with Gasteiger partial charge in [-0.3, -0.25) is 4.79 Å². The Morgan fingerprint density at radius 3 is 1.57 bits per heavy atom. The van der Waals surface area contributed by atoms with E-state index in [4.69, 9.17) is 4.74 Å². The molecule has 0 spiro atoms. The number of ether oxygens (including phenoxy) is 1. The summed E-state index contributed by atoms with van der Waals surface area (Å²) < 4.78 is 5.89. The lowest BCUT2D eigenvalue weighted by Gasteiger charge is -2.45. The van der Waals surface area contributed by atoms with Gasteiger partial charge in [-0.25, -0.2) is 0 Å². The molecule has 206 valence electrons. The lowest BCUT2D eigenvalue weighted by atomic mass is 9.80. The maximum atomic E-state index is 12.2. The third-order valence-corrected chi connectivity index (χ3v) is 11.5. The van der Waals surface area contributed by atoms with Gasteiger partial charge in [0, 0.05) is 12.5 Å². The summed E-state index contributed by atoms with van der Waals surface area (Å²) in [5.74, 6) is 0.485. The highest BCUT2D eigenvalue weighted by atomic mass is 31.1. The molecule has 2 aromatic rings. The molecule has 0 aromatic heterocycles. The van der Waals surface area contributed by atoms with Crippen molar-refractivity contribution in [2.75, 3.05) is 0 Å². The van der Waals surface area contributed by atoms with Crippen molar-refractivity contribution in [3.8, 4) is 11.1 Å². The maximum Gasteiger partial charge on any atom is 0.303 e. The molecule has 0 aliphatic heterocycles. The van der Waals surface area contributed by atoms with Crippen molar-refractivity contribution in [2.24, 2.45) is 0 Å². The minimum Gasteiger partial charge on any atom is -0.458 e. The molecule has 0 heterocycles. The van der Waals surface area contributed by atoms with Gasteiger partial charge >= 0.3 is 5.97 Å². The number of esters is 1. The van der Waals surface area contributed by atoms with Crippen LogP contribution in [0.15, 0.2) is 12.1 Å². The normalized spacial score (nSPS) is 13.6. The van der Waals surface area contributed by atoms with E-state index in [0.717, 1.165) is 5.56 Å². The van der Waals surface area contributed by atoms with E-state index in [1.165, 1.54) is 56.7 Å². The third kappa shape index (κ3) is 6.50. The molecular weight excluding hydrogens is 471 g/mol. The van der Waals surface area contributed by atoms with Gasteiger partial charge in [-0.05, 0) is 107 Å². The molecule has 1 unspecified atom stereocenters. The van der Waals surface area contributed by atoms with Crippen LogP contribution in [0.3, 0.4) is 0 Å². The largest absolute Gasteiger partial charge is 0.458 e. The van der Waals surface area contributed by atoms with Crippen LogP contribution in [-0.4, -0.2) is 16.3 Å². The number of benzene rings is 2. The highest BCUT2D eigenvalue weighted by molar-refractivity contribution is 7.69. The molecule has 0 fully saturated rings. The summed E-state index contributed by atoms with van der Waals surface area (Å²) in [6.07, 6.45) is -0.326. The molecule has 2 rings (SSSR count). The Balaban J connectivity index is 3.30. The van der Waals surface area contributed by atoms with E-state index in [2.05, 4.69) is 109 Å². The highest BCUT2D eigenvalue weighted by Crippen LogP contribution is 2.61. The Bertz CT molecular complexity index is 1140. The maximum absolute atomic E-state index is 12.2. The van der Waals surface area contributed by atoms with Crippen LogP contribution < -0.4 is 5.30 Å². The van der Waals surface area contributed by atoms with Crippen LogP contribution in [0.1, 0.15) is 140 Å². The molecule has 0 aliphatic rings. The predicted octanol–water partition coefficient (Wildman–Crippen LogP) is 10.2. The molecule has 2 nitrogen and oxygen atoms in total. The van der Waals surface area contributed by atoms with E-state index in [9.17, 15) is 4.79 Å². The molecule has 2 aromatic carbocycles. The van der Waals surface area contributed by atoms with Crippen LogP contribution in [0.2, 0.25) is 0 Å². The molecule has 0 saturated heterocycles. The lowest BCUT2D eigenvalue weighted by molar-refractivity contribution is -0.145. The number of hydrogen-bond acceptors (Lipinski definition) is 2. The zero-order valence-electron chi connectivity index (χ0n) is 26.7. The number of hydrogen-bond donors (Lipinski definition) is 0. The average molecular weight is 525 g/mol. The van der Waals surface area contributed by atoms with E-state index < -0.39 is 7.92 Å². The zero-order valence-corrected chi connectivity index (χ0v) is 27.5. The molecule has 0 aliphatic carbocycles. The van der Waals surface area contributed by atoms with E-state index in [-0.39, 0.29) is 22.4 Å². The van der Waals surface area contributed by atoms with Crippen LogP contribution in [0, 0.1) is 27.7 Å². The van der Waals surface area contributed by atoms with E-state index >= 15 is 0 Å². The quantitative estimate of drug-likeness (QED) is 0.277. The number of carbonyl (C=O) groups excluding carboxylic acids is 1. The molecule has 1 atom stereocenters. The smallest absolute Gasteiger partial charge is 0.303 e. The molecule has 0 N–H and O–H groups in total. The monoisotopic (exact) mass is 524 g/mol. The second-order valence-corrected chi connectivity index (χ2v) is 17.3. The summed E-state index contributed by atoms with van der Waals surface area (Å²) in [5.41, 5.74) is 12.0. The molecule has 0 radical (unpaired) electrons. The van der Waals surface area contributed by atoms with Crippen molar-refractivity contribution in [2.45, 2.75) is 139 Å². The first kappa shape index (κ1) is 31.6. The van der Waals surface area contributed by atoms with Crippen LogP contribution >= 0.6 is 7.92 Å². The summed E-state index contributed by atoms with van der Waals surface area (Å²) in [7, 11) is -0.556. The van der Waals surface area contributed by atoms with E-state index in [1.807, 2.05) is 6.92 Å². The van der Waals surface area contributed by atoms with Crippen LogP contribution in [-0.2, 0) is 9.53 Å². The molecule has 37 heavy (non-hydrogen) atoms. The Hall–Kier alpha value is -1.66. The second kappa shape index (κ2) is 11.2. The Morgan fingerprint density at radius 1 is 0.703 bits per heavy atom. The fraction of sp³-hybridized carbons (Fsp3) is 0.618. The van der Waals surface area contributed by atoms with Gasteiger partial charge in [0.25, 0.3) is 0 Å². The highest BCUT2D eigenvalue weighted by Gasteiger charge is 2.40. The number of carbonyl (C=O) groups is 1. The van der Waals surface area contributed by atoms with Gasteiger partial charge in [0.1, 0.15) is 6.10 Å². The van der Waals surface area contributed by atoms with Crippen molar-refractivity contribution in [1.82, 2.24) is 0 Å². The summed E-state index contributed by atoms with van der Waals surface area (Å²) in [4.78, 5) is 12.2. The molecule has 0 saturated carbocycles. The summed E-state index contributed by atoms with van der Waals surface area (Å²) >= 11 is 0. The van der Waals surface area contributed by atoms with Crippen LogP contribution in [0.4, 0.5) is 0 Å². The summed E-state index contributed by atoms with van der Waals surface area (Å²) in [5, 5.41) is 1.77. The van der Waals surface area contributed by atoms with Gasteiger partial charge in [-0.2, -0.15) is 0 Å². The minimum atomic E-state index is -0.556. The van der Waals surface area contributed by atoms with Gasteiger partial charge in [0.15, 0.2) is 0 Å². The fourth-order valence-electron chi connectivity index (χ4n) is 5.98. The zero-order chi connectivity index (χ0) is 28.8. The summed E-state index contributed by atoms with van der Waals surface area (Å²) in [6, 6.07) is 4.72. The van der Waals surface area contributed by atoms with Crippen LogP contribution in [0.25, 0.3) is 11.1 Å². The SMILES string of the molecule is CC(=O)OC(C)c1cc(C(C)C)cc(C(C)C)c1-c1c(C)c(C)c(C)c(C)c1P(C(C)(C)C)C(C)(C)C. The average Bonchev–Trinajstić information content (AvgIpc) is 2.73. The fourth-order valence-corrected chi connectivity index (χ4v) is 10.3. The van der Waals surface area contributed by atoms with Gasteiger partial charge in [0.05, 0.1) is 0 Å². The van der Waals surface area contributed by atoms with Crippen molar-refractivity contribution < 1.29 is 9.53 Å². The number of rotatable bonds is 6. The Kier molecular flexibility index (Phi) is 9.57. The first-order valence-electron chi connectivity index (χ1n) is 14.0. The van der Waals surface area contributed by atoms with Gasteiger partial charge in [-0.1, -0.05) is 89.3 Å². The second-order valence-electron chi connectivity index (χ2n) is 13.5.